The Labute approximate surface area is 167 Å². The summed E-state index contributed by atoms with van der Waals surface area (Å²) in [5.41, 5.74) is 3.59. The van der Waals surface area contributed by atoms with E-state index in [9.17, 15) is 9.18 Å². The van der Waals surface area contributed by atoms with E-state index < -0.39 is 5.82 Å². The molecule has 2 aliphatic rings. The molecule has 2 unspecified atom stereocenters. The minimum atomic E-state index is -0.424. The summed E-state index contributed by atoms with van der Waals surface area (Å²) in [6.07, 6.45) is 1.56. The highest BCUT2D eigenvalue weighted by Crippen LogP contribution is 2.42. The zero-order valence-corrected chi connectivity index (χ0v) is 16.0. The number of rotatable bonds is 3. The van der Waals surface area contributed by atoms with Crippen LogP contribution in [0.4, 0.5) is 10.1 Å². The molecular formula is C22H20FN5O. The summed E-state index contributed by atoms with van der Waals surface area (Å²) in [6.45, 7) is 3.28. The monoisotopic (exact) mass is 389 g/mol. The van der Waals surface area contributed by atoms with Crippen molar-refractivity contribution in [3.05, 3.63) is 77.1 Å². The molecule has 0 bridgehead atoms. The van der Waals surface area contributed by atoms with Crippen LogP contribution in [0.25, 0.3) is 0 Å². The Bertz CT molecular complexity index is 1120. The number of aryl methyl sites for hydroxylation is 1. The summed E-state index contributed by atoms with van der Waals surface area (Å²) in [5, 5.41) is 7.74. The summed E-state index contributed by atoms with van der Waals surface area (Å²) in [7, 11) is 0. The smallest absolute Gasteiger partial charge is 0.185 e. The lowest BCUT2D eigenvalue weighted by Crippen LogP contribution is -2.30. The predicted octanol–water partition coefficient (Wildman–Crippen LogP) is 3.42. The Morgan fingerprint density at radius 3 is 2.86 bits per heavy atom. The van der Waals surface area contributed by atoms with E-state index in [4.69, 9.17) is 0 Å². The van der Waals surface area contributed by atoms with Crippen molar-refractivity contribution in [3.63, 3.8) is 0 Å². The van der Waals surface area contributed by atoms with Gasteiger partial charge in [0, 0.05) is 35.8 Å². The molecule has 0 aliphatic carbocycles. The van der Waals surface area contributed by atoms with Gasteiger partial charge < -0.3 is 5.32 Å². The summed E-state index contributed by atoms with van der Waals surface area (Å²) in [4.78, 5) is 21.8. The minimum absolute atomic E-state index is 0.000892. The Kier molecular flexibility index (Phi) is 4.23. The highest BCUT2D eigenvalue weighted by molar-refractivity contribution is 6.20. The van der Waals surface area contributed by atoms with E-state index >= 15 is 0 Å². The quantitative estimate of drug-likeness (QED) is 0.745. The highest BCUT2D eigenvalue weighted by atomic mass is 19.1. The second-order valence-electron chi connectivity index (χ2n) is 7.31. The lowest BCUT2D eigenvalue weighted by atomic mass is 9.78. The van der Waals surface area contributed by atoms with Crippen LogP contribution in [-0.4, -0.2) is 39.3 Å². The molecule has 2 aliphatic heterocycles. The molecule has 0 amide bonds. The van der Waals surface area contributed by atoms with E-state index in [1.165, 1.54) is 12.1 Å². The van der Waals surface area contributed by atoms with Gasteiger partial charge in [-0.25, -0.2) is 14.1 Å². The first kappa shape index (κ1) is 17.7. The van der Waals surface area contributed by atoms with Crippen LogP contribution >= 0.6 is 0 Å². The number of hydrogen-bond donors (Lipinski definition) is 1. The maximum absolute atomic E-state index is 14.3. The SMILES string of the molecule is CCn1ncnc1C1C2=NCC(=O)c3cc(F)cc(c32)NCC1c1ccccc1. The number of nitrogens with one attached hydrogen (secondary N) is 1. The molecule has 7 heteroatoms. The molecule has 0 saturated carbocycles. The van der Waals surface area contributed by atoms with Gasteiger partial charge in [-0.05, 0) is 24.6 Å². The van der Waals surface area contributed by atoms with Crippen LogP contribution in [-0.2, 0) is 6.54 Å². The van der Waals surface area contributed by atoms with Crippen molar-refractivity contribution < 1.29 is 9.18 Å². The highest BCUT2D eigenvalue weighted by Gasteiger charge is 2.40. The van der Waals surface area contributed by atoms with Gasteiger partial charge in [0.2, 0.25) is 0 Å². The van der Waals surface area contributed by atoms with Crippen LogP contribution in [0, 0.1) is 5.82 Å². The third-order valence-electron chi connectivity index (χ3n) is 5.71. The van der Waals surface area contributed by atoms with Gasteiger partial charge in [0.15, 0.2) is 5.78 Å². The molecule has 3 aromatic rings. The van der Waals surface area contributed by atoms with E-state index in [0.717, 1.165) is 17.1 Å². The summed E-state index contributed by atoms with van der Waals surface area (Å²) >= 11 is 0. The van der Waals surface area contributed by atoms with Crippen LogP contribution in [0.2, 0.25) is 0 Å². The number of hydrogen-bond acceptors (Lipinski definition) is 5. The molecule has 0 fully saturated rings. The first-order valence-corrected chi connectivity index (χ1v) is 9.75. The number of aromatic nitrogens is 3. The fourth-order valence-corrected chi connectivity index (χ4v) is 4.42. The van der Waals surface area contributed by atoms with Gasteiger partial charge in [-0.15, -0.1) is 0 Å². The topological polar surface area (TPSA) is 72.2 Å². The second kappa shape index (κ2) is 6.92. The van der Waals surface area contributed by atoms with E-state index in [0.29, 0.717) is 29.9 Å². The number of anilines is 1. The second-order valence-corrected chi connectivity index (χ2v) is 7.31. The molecule has 146 valence electrons. The van der Waals surface area contributed by atoms with Crippen LogP contribution < -0.4 is 5.32 Å². The van der Waals surface area contributed by atoms with Crippen LogP contribution in [0.3, 0.4) is 0 Å². The first-order valence-electron chi connectivity index (χ1n) is 9.75. The Hall–Kier alpha value is -3.35. The van der Waals surface area contributed by atoms with E-state index in [2.05, 4.69) is 32.5 Å². The molecule has 2 aromatic carbocycles. The average molecular weight is 389 g/mol. The van der Waals surface area contributed by atoms with Crippen molar-refractivity contribution in [1.29, 1.82) is 0 Å². The lowest BCUT2D eigenvalue weighted by molar-refractivity contribution is 0.0999. The lowest BCUT2D eigenvalue weighted by Gasteiger charge is -2.28. The van der Waals surface area contributed by atoms with Crippen molar-refractivity contribution in [1.82, 2.24) is 14.8 Å². The summed E-state index contributed by atoms with van der Waals surface area (Å²) in [6, 6.07) is 12.9. The Balaban J connectivity index is 1.77. The number of ketones is 1. The van der Waals surface area contributed by atoms with Crippen molar-refractivity contribution in [2.75, 3.05) is 18.4 Å². The predicted molar refractivity (Wildman–Crippen MR) is 108 cm³/mol. The van der Waals surface area contributed by atoms with Gasteiger partial charge in [0.1, 0.15) is 24.5 Å². The number of Topliss-reactive ketones (excluding diaryl/α,β-unsaturated/α-hetero) is 1. The fraction of sp³-hybridized carbons (Fsp3) is 0.273. The Morgan fingerprint density at radius 1 is 1.24 bits per heavy atom. The maximum atomic E-state index is 14.3. The third-order valence-corrected chi connectivity index (χ3v) is 5.71. The molecule has 2 atom stereocenters. The maximum Gasteiger partial charge on any atom is 0.185 e. The number of halogens is 1. The van der Waals surface area contributed by atoms with Gasteiger partial charge in [-0.1, -0.05) is 30.3 Å². The van der Waals surface area contributed by atoms with Gasteiger partial charge in [-0.2, -0.15) is 5.10 Å². The molecule has 3 heterocycles. The molecule has 6 nitrogen and oxygen atoms in total. The number of nitrogens with zero attached hydrogens (tertiary/aromatic N) is 4. The van der Waals surface area contributed by atoms with Crippen molar-refractivity contribution in [2.45, 2.75) is 25.3 Å². The largest absolute Gasteiger partial charge is 0.384 e. The molecule has 0 saturated heterocycles. The minimum Gasteiger partial charge on any atom is -0.384 e. The molecule has 0 radical (unpaired) electrons. The third kappa shape index (κ3) is 2.85. The molecule has 0 spiro atoms. The molecular weight excluding hydrogens is 369 g/mol. The van der Waals surface area contributed by atoms with Crippen LogP contribution in [0.1, 0.15) is 46.1 Å². The number of carbonyl (C=O) groups excluding carboxylic acids is 1. The van der Waals surface area contributed by atoms with E-state index in [1.54, 1.807) is 6.33 Å². The summed E-state index contributed by atoms with van der Waals surface area (Å²) < 4.78 is 16.1. The van der Waals surface area contributed by atoms with Crippen molar-refractivity contribution in [2.24, 2.45) is 4.99 Å². The van der Waals surface area contributed by atoms with Crippen molar-refractivity contribution >= 4 is 17.2 Å². The van der Waals surface area contributed by atoms with Gasteiger partial charge >= 0.3 is 0 Å². The zero-order chi connectivity index (χ0) is 20.0. The van der Waals surface area contributed by atoms with Crippen LogP contribution in [0.5, 0.6) is 0 Å². The number of carbonyl (C=O) groups is 1. The zero-order valence-electron chi connectivity index (χ0n) is 16.0. The fourth-order valence-electron chi connectivity index (χ4n) is 4.42. The summed E-state index contributed by atoms with van der Waals surface area (Å²) in [5.74, 6) is 0.0127. The number of benzene rings is 2. The van der Waals surface area contributed by atoms with Gasteiger partial charge in [-0.3, -0.25) is 9.79 Å². The van der Waals surface area contributed by atoms with Gasteiger partial charge in [0.05, 0.1) is 11.6 Å². The van der Waals surface area contributed by atoms with Crippen molar-refractivity contribution in [3.8, 4) is 0 Å². The van der Waals surface area contributed by atoms with Gasteiger partial charge in [0.25, 0.3) is 0 Å². The normalized spacial score (nSPS) is 20.5. The van der Waals surface area contributed by atoms with Crippen LogP contribution in [0.15, 0.2) is 53.8 Å². The standard InChI is InChI=1S/C22H20FN5O/c1-2-28-22(26-12-27-28)20-16(13-6-4-3-5-7-13)10-24-17-9-14(23)8-15-18(29)11-25-21(20)19(15)17/h3-9,12,16,20,24H,2,10-11H2,1H3. The Morgan fingerprint density at radius 2 is 2.07 bits per heavy atom. The molecule has 1 N–H and O–H groups in total. The first-order chi connectivity index (χ1) is 14.2. The average Bonchev–Trinajstić information content (AvgIpc) is 3.14. The molecule has 1 aromatic heterocycles. The van der Waals surface area contributed by atoms with E-state index in [-0.39, 0.29) is 24.2 Å². The van der Waals surface area contributed by atoms with E-state index in [1.807, 2.05) is 29.8 Å². The number of aliphatic imine (C=N–C) groups is 1. The molecule has 29 heavy (non-hydrogen) atoms. The molecule has 5 rings (SSSR count).